The van der Waals surface area contributed by atoms with Crippen LogP contribution in [0.25, 0.3) is 16.9 Å². The minimum atomic E-state index is -0.455. The Morgan fingerprint density at radius 1 is 1.18 bits per heavy atom. The quantitative estimate of drug-likeness (QED) is 0.488. The molecule has 3 rings (SSSR count). The Balaban J connectivity index is 1.90. The van der Waals surface area contributed by atoms with Crippen molar-refractivity contribution in [3.8, 4) is 16.9 Å². The minimum Gasteiger partial charge on any atom is -0.333 e. The summed E-state index contributed by atoms with van der Waals surface area (Å²) in [6, 6.07) is 13.9. The zero-order chi connectivity index (χ0) is 24.9. The Hall–Kier alpha value is -3.94. The third-order valence-electron chi connectivity index (χ3n) is 4.91. The van der Waals surface area contributed by atoms with Crippen LogP contribution in [0.4, 0.5) is 15.1 Å². The number of anilines is 1. The van der Waals surface area contributed by atoms with Gasteiger partial charge in [-0.1, -0.05) is 42.5 Å². The van der Waals surface area contributed by atoms with Crippen molar-refractivity contribution in [1.82, 2.24) is 19.8 Å². The van der Waals surface area contributed by atoms with Gasteiger partial charge in [-0.25, -0.2) is 14.2 Å². The van der Waals surface area contributed by atoms with E-state index in [9.17, 15) is 14.0 Å². The second-order valence-electron chi connectivity index (χ2n) is 9.02. The van der Waals surface area contributed by atoms with Gasteiger partial charge in [0.15, 0.2) is 0 Å². The monoisotopic (exact) mass is 463 g/mol. The maximum atomic E-state index is 14.3. The number of hydrogen-bond acceptors (Lipinski definition) is 3. The number of hydrogen-bond donors (Lipinski definition) is 2. The molecule has 34 heavy (non-hydrogen) atoms. The number of rotatable bonds is 7. The van der Waals surface area contributed by atoms with Crippen LogP contribution in [0, 0.1) is 12.7 Å². The molecule has 0 saturated carbocycles. The number of halogens is 1. The van der Waals surface area contributed by atoms with E-state index in [1.54, 1.807) is 35.9 Å². The van der Waals surface area contributed by atoms with Gasteiger partial charge in [0.05, 0.1) is 11.4 Å². The Morgan fingerprint density at radius 2 is 1.88 bits per heavy atom. The first kappa shape index (κ1) is 24.7. The van der Waals surface area contributed by atoms with Crippen LogP contribution in [-0.4, -0.2) is 45.0 Å². The molecule has 2 N–H and O–H groups in total. The van der Waals surface area contributed by atoms with Gasteiger partial charge in [-0.15, -0.1) is 6.58 Å². The summed E-state index contributed by atoms with van der Waals surface area (Å²) in [6.45, 7) is 10.9. The molecule has 0 aliphatic carbocycles. The number of nitrogens with one attached hydrogen (secondary N) is 2. The van der Waals surface area contributed by atoms with E-state index >= 15 is 0 Å². The summed E-state index contributed by atoms with van der Waals surface area (Å²) in [4.78, 5) is 31.5. The first-order valence-corrected chi connectivity index (χ1v) is 11.0. The molecule has 3 aromatic rings. The second-order valence-corrected chi connectivity index (χ2v) is 9.02. The summed E-state index contributed by atoms with van der Waals surface area (Å²) in [5.74, 6) is -0.576. The van der Waals surface area contributed by atoms with Crippen LogP contribution < -0.4 is 10.6 Å². The zero-order valence-corrected chi connectivity index (χ0v) is 19.9. The van der Waals surface area contributed by atoms with Gasteiger partial charge in [-0.3, -0.25) is 14.7 Å². The normalized spacial score (nSPS) is 11.1. The molecule has 2 aromatic carbocycles. The van der Waals surface area contributed by atoms with Gasteiger partial charge in [0, 0.05) is 23.8 Å². The van der Waals surface area contributed by atoms with E-state index in [0.717, 1.165) is 5.56 Å². The van der Waals surface area contributed by atoms with E-state index in [4.69, 9.17) is 0 Å². The molecule has 0 spiro atoms. The number of nitrogens with zero attached hydrogens (tertiary/aromatic N) is 3. The third kappa shape index (κ3) is 6.31. The molecular weight excluding hydrogens is 433 g/mol. The van der Waals surface area contributed by atoms with E-state index < -0.39 is 11.4 Å². The molecule has 178 valence electrons. The van der Waals surface area contributed by atoms with Crippen molar-refractivity contribution < 1.29 is 14.0 Å². The number of carbonyl (C=O) groups is 2. The van der Waals surface area contributed by atoms with Crippen LogP contribution in [0.15, 0.2) is 67.4 Å². The fourth-order valence-electron chi connectivity index (χ4n) is 3.26. The standard InChI is InChI=1S/C26H30FN5O2/c1-6-14-31(25(34)30-26(3,4)5)17-23(33)29-24-28-22(19-10-8-7-9-11-19)16-32(24)20-13-12-18(2)21(27)15-20/h6-13,15-16H,1,14,17H2,2-5H3,(H,30,34)(H,28,29,33). The molecule has 1 heterocycles. The van der Waals surface area contributed by atoms with Gasteiger partial charge < -0.3 is 10.2 Å². The van der Waals surface area contributed by atoms with Gasteiger partial charge >= 0.3 is 6.03 Å². The SMILES string of the molecule is C=CCN(CC(=O)Nc1nc(-c2ccccc2)cn1-c1ccc(C)c(F)c1)C(=O)NC(C)(C)C. The molecule has 0 radical (unpaired) electrons. The Bertz CT molecular complexity index is 1180. The highest BCUT2D eigenvalue weighted by Gasteiger charge is 2.22. The van der Waals surface area contributed by atoms with Crippen molar-refractivity contribution >= 4 is 17.9 Å². The molecule has 0 aliphatic heterocycles. The van der Waals surface area contributed by atoms with E-state index in [2.05, 4.69) is 22.2 Å². The Labute approximate surface area is 199 Å². The van der Waals surface area contributed by atoms with Gasteiger partial charge in [-0.05, 0) is 45.4 Å². The molecular formula is C26H30FN5O2. The highest BCUT2D eigenvalue weighted by molar-refractivity contribution is 5.93. The molecule has 8 heteroatoms. The van der Waals surface area contributed by atoms with Crippen LogP contribution >= 0.6 is 0 Å². The van der Waals surface area contributed by atoms with Crippen LogP contribution in [0.2, 0.25) is 0 Å². The van der Waals surface area contributed by atoms with Crippen molar-refractivity contribution in [3.05, 3.63) is 78.8 Å². The second kappa shape index (κ2) is 10.3. The Kier molecular flexibility index (Phi) is 7.50. The summed E-state index contributed by atoms with van der Waals surface area (Å²) < 4.78 is 15.9. The molecule has 0 unspecified atom stereocenters. The van der Waals surface area contributed by atoms with Crippen LogP contribution in [0.3, 0.4) is 0 Å². The summed E-state index contributed by atoms with van der Waals surface area (Å²) in [5, 5.41) is 5.62. The lowest BCUT2D eigenvalue weighted by atomic mass is 10.1. The molecule has 7 nitrogen and oxygen atoms in total. The lowest BCUT2D eigenvalue weighted by Gasteiger charge is -2.27. The van der Waals surface area contributed by atoms with Gasteiger partial charge in [0.1, 0.15) is 12.4 Å². The smallest absolute Gasteiger partial charge is 0.318 e. The predicted octanol–water partition coefficient (Wildman–Crippen LogP) is 4.92. The van der Waals surface area contributed by atoms with Gasteiger partial charge in [0.2, 0.25) is 11.9 Å². The summed E-state index contributed by atoms with van der Waals surface area (Å²) in [5.41, 5.74) is 2.04. The topological polar surface area (TPSA) is 79.3 Å². The van der Waals surface area contributed by atoms with Crippen LogP contribution in [-0.2, 0) is 4.79 Å². The number of carbonyl (C=O) groups excluding carboxylic acids is 2. The number of aryl methyl sites for hydroxylation is 1. The maximum absolute atomic E-state index is 14.3. The molecule has 1 aromatic heterocycles. The number of urea groups is 1. The van der Waals surface area contributed by atoms with E-state index in [1.165, 1.54) is 11.0 Å². The van der Waals surface area contributed by atoms with Crippen molar-refractivity contribution in [1.29, 1.82) is 0 Å². The molecule has 0 atom stereocenters. The lowest BCUT2D eigenvalue weighted by Crippen LogP contribution is -2.50. The average Bonchev–Trinajstić information content (AvgIpc) is 3.18. The van der Waals surface area contributed by atoms with Crippen LogP contribution in [0.5, 0.6) is 0 Å². The maximum Gasteiger partial charge on any atom is 0.318 e. The first-order valence-electron chi connectivity index (χ1n) is 11.0. The summed E-state index contributed by atoms with van der Waals surface area (Å²) in [7, 11) is 0. The fraction of sp³-hybridized carbons (Fsp3) is 0.269. The number of benzene rings is 2. The van der Waals surface area contributed by atoms with E-state index in [-0.39, 0.29) is 30.9 Å². The average molecular weight is 464 g/mol. The molecule has 3 amide bonds. The van der Waals surface area contributed by atoms with Crippen molar-refractivity contribution in [2.45, 2.75) is 33.2 Å². The van der Waals surface area contributed by atoms with E-state index in [1.807, 2.05) is 51.1 Å². The molecule has 0 fully saturated rings. The molecule has 0 aliphatic rings. The fourth-order valence-corrected chi connectivity index (χ4v) is 3.26. The number of amides is 3. The van der Waals surface area contributed by atoms with Gasteiger partial charge in [-0.2, -0.15) is 0 Å². The molecule has 0 saturated heterocycles. The molecule has 0 bridgehead atoms. The van der Waals surface area contributed by atoms with Crippen molar-refractivity contribution in [2.24, 2.45) is 0 Å². The zero-order valence-electron chi connectivity index (χ0n) is 19.9. The minimum absolute atomic E-state index is 0.197. The van der Waals surface area contributed by atoms with Gasteiger partial charge in [0.25, 0.3) is 0 Å². The summed E-state index contributed by atoms with van der Waals surface area (Å²) >= 11 is 0. The highest BCUT2D eigenvalue weighted by atomic mass is 19.1. The lowest BCUT2D eigenvalue weighted by molar-refractivity contribution is -0.116. The predicted molar refractivity (Wildman–Crippen MR) is 132 cm³/mol. The van der Waals surface area contributed by atoms with Crippen LogP contribution in [0.1, 0.15) is 26.3 Å². The third-order valence-corrected chi connectivity index (χ3v) is 4.91. The largest absolute Gasteiger partial charge is 0.333 e. The highest BCUT2D eigenvalue weighted by Crippen LogP contribution is 2.25. The first-order chi connectivity index (χ1) is 16.1. The number of imidazole rings is 1. The Morgan fingerprint density at radius 3 is 2.50 bits per heavy atom. The number of aromatic nitrogens is 2. The van der Waals surface area contributed by atoms with Crippen molar-refractivity contribution in [3.63, 3.8) is 0 Å². The summed E-state index contributed by atoms with van der Waals surface area (Å²) in [6.07, 6.45) is 3.29. The van der Waals surface area contributed by atoms with E-state index in [0.29, 0.717) is 16.9 Å². The van der Waals surface area contributed by atoms with Crippen molar-refractivity contribution in [2.75, 3.05) is 18.4 Å².